The number of ether oxygens (including phenoxy) is 1. The molecule has 0 saturated heterocycles. The maximum Gasteiger partial charge on any atom is 0.286 e. The Labute approximate surface area is 150 Å². The van der Waals surface area contributed by atoms with Crippen molar-refractivity contribution in [3.8, 4) is 5.75 Å². The van der Waals surface area contributed by atoms with Gasteiger partial charge < -0.3 is 10.5 Å². The van der Waals surface area contributed by atoms with Crippen LogP contribution in [-0.4, -0.2) is 21.9 Å². The van der Waals surface area contributed by atoms with Gasteiger partial charge in [0.05, 0.1) is 13.3 Å². The summed E-state index contributed by atoms with van der Waals surface area (Å²) in [7, 11) is 2.03. The molecule has 0 radical (unpaired) electrons. The van der Waals surface area contributed by atoms with Gasteiger partial charge in [0.1, 0.15) is 17.6 Å². The Kier molecular flexibility index (Phi) is 5.14. The number of hydroxylamine groups is 1. The number of nitrogens with two attached hydrogens (primary N) is 1. The molecule has 0 spiro atoms. The molecule has 3 aromatic rings. The van der Waals surface area contributed by atoms with Crippen molar-refractivity contribution in [3.05, 3.63) is 65.6 Å². The molecule has 0 aliphatic carbocycles. The molecular weight excluding hydrogens is 332 g/mol. The molecule has 0 saturated carbocycles. The summed E-state index contributed by atoms with van der Waals surface area (Å²) in [4.78, 5) is 0. The van der Waals surface area contributed by atoms with E-state index in [-0.39, 0.29) is 5.96 Å². The first-order valence-corrected chi connectivity index (χ1v) is 8.03. The fourth-order valence-electron chi connectivity index (χ4n) is 2.56. The van der Waals surface area contributed by atoms with Crippen molar-refractivity contribution in [3.63, 3.8) is 0 Å². The number of aromatic nitrogens is 2. The van der Waals surface area contributed by atoms with Crippen LogP contribution in [0.2, 0.25) is 0 Å². The van der Waals surface area contributed by atoms with E-state index in [2.05, 4.69) is 44.4 Å². The number of imidazole rings is 1. The number of guanidine groups is 1. The normalized spacial score (nSPS) is 12.0. The molecule has 134 valence electrons. The number of pyridine rings is 1. The summed E-state index contributed by atoms with van der Waals surface area (Å²) in [6.45, 7) is 2.54. The van der Waals surface area contributed by atoms with E-state index in [1.54, 1.807) is 5.48 Å². The molecule has 0 fully saturated rings. The van der Waals surface area contributed by atoms with Crippen molar-refractivity contribution in [1.82, 2.24) is 10.0 Å². The van der Waals surface area contributed by atoms with Crippen LogP contribution in [0.15, 0.2) is 58.9 Å². The predicted molar refractivity (Wildman–Crippen MR) is 98.2 cm³/mol. The third kappa shape index (κ3) is 3.81. The standard InChI is InChI=1S/C18H21N6O2/c1-13-4-3-5-17-23(2)15(11-24(13)17)12-26-16-8-6-14(7-9-16)10-20-21-18(19)22-25/h3-11,25H,12H2,1-2H3,(H3,19,21,22)/q+1/b20-10+. The van der Waals surface area contributed by atoms with Crippen LogP contribution in [0, 0.1) is 6.92 Å². The molecule has 8 nitrogen and oxygen atoms in total. The van der Waals surface area contributed by atoms with Gasteiger partial charge in [-0.1, -0.05) is 6.07 Å². The average Bonchev–Trinajstić information content (AvgIpc) is 2.98. The van der Waals surface area contributed by atoms with E-state index in [0.29, 0.717) is 6.61 Å². The summed E-state index contributed by atoms with van der Waals surface area (Å²) in [5.74, 6) is 0.582. The fourth-order valence-corrected chi connectivity index (χ4v) is 2.56. The summed E-state index contributed by atoms with van der Waals surface area (Å²) >= 11 is 0. The van der Waals surface area contributed by atoms with Gasteiger partial charge in [0.2, 0.25) is 5.96 Å². The van der Waals surface area contributed by atoms with Crippen molar-refractivity contribution in [2.45, 2.75) is 13.5 Å². The molecular formula is C18H21N6O2+. The zero-order chi connectivity index (χ0) is 18.5. The molecule has 0 aliphatic heterocycles. The lowest BCUT2D eigenvalue weighted by molar-refractivity contribution is -0.518. The van der Waals surface area contributed by atoms with Crippen LogP contribution < -0.4 is 20.4 Å². The highest BCUT2D eigenvalue weighted by Crippen LogP contribution is 2.14. The Balaban J connectivity index is 1.67. The lowest BCUT2D eigenvalue weighted by Crippen LogP contribution is -2.27. The lowest BCUT2D eigenvalue weighted by atomic mass is 10.2. The first kappa shape index (κ1) is 17.4. The van der Waals surface area contributed by atoms with Gasteiger partial charge in [-0.2, -0.15) is 9.50 Å². The van der Waals surface area contributed by atoms with Gasteiger partial charge >= 0.3 is 0 Å². The van der Waals surface area contributed by atoms with Gasteiger partial charge in [0.15, 0.2) is 12.3 Å². The number of hydrogen-bond donors (Lipinski definition) is 3. The van der Waals surface area contributed by atoms with E-state index in [0.717, 1.165) is 22.7 Å². The molecule has 0 bridgehead atoms. The average molecular weight is 353 g/mol. The highest BCUT2D eigenvalue weighted by molar-refractivity contribution is 5.81. The van der Waals surface area contributed by atoms with E-state index < -0.39 is 0 Å². The van der Waals surface area contributed by atoms with Crippen molar-refractivity contribution >= 4 is 17.8 Å². The minimum absolute atomic E-state index is 0.177. The Morgan fingerprint density at radius 2 is 2.08 bits per heavy atom. The Morgan fingerprint density at radius 3 is 2.77 bits per heavy atom. The zero-order valence-corrected chi connectivity index (χ0v) is 14.6. The topological polar surface area (TPSA) is 101 Å². The van der Waals surface area contributed by atoms with Crippen LogP contribution in [0.5, 0.6) is 5.75 Å². The van der Waals surface area contributed by atoms with Crippen LogP contribution in [0.3, 0.4) is 0 Å². The van der Waals surface area contributed by atoms with E-state index in [1.807, 2.05) is 37.4 Å². The first-order chi connectivity index (χ1) is 12.6. The summed E-state index contributed by atoms with van der Waals surface area (Å²) in [5, 5.41) is 15.8. The number of rotatable bonds is 5. The van der Waals surface area contributed by atoms with E-state index >= 15 is 0 Å². The highest BCUT2D eigenvalue weighted by atomic mass is 16.5. The Hall–Kier alpha value is -3.39. The van der Waals surface area contributed by atoms with Gasteiger partial charge in [-0.25, -0.2) is 10.0 Å². The van der Waals surface area contributed by atoms with Gasteiger partial charge in [-0.05, 0) is 42.8 Å². The largest absolute Gasteiger partial charge is 0.485 e. The van der Waals surface area contributed by atoms with Crippen molar-refractivity contribution < 1.29 is 14.3 Å². The van der Waals surface area contributed by atoms with E-state index in [9.17, 15) is 0 Å². The minimum Gasteiger partial charge on any atom is -0.485 e. The van der Waals surface area contributed by atoms with E-state index in [4.69, 9.17) is 15.7 Å². The van der Waals surface area contributed by atoms with Crippen LogP contribution in [0.4, 0.5) is 0 Å². The maximum atomic E-state index is 8.50. The van der Waals surface area contributed by atoms with Crippen LogP contribution >= 0.6 is 0 Å². The Bertz CT molecular complexity index is 960. The molecule has 1 aromatic carbocycles. The maximum absolute atomic E-state index is 8.50. The SMILES string of the molecule is Cc1cccc2n(C)c(COc3ccc(/C=N/N=C(N)NO)cc3)c[n+]12. The van der Waals surface area contributed by atoms with Crippen molar-refractivity contribution in [1.29, 1.82) is 0 Å². The molecule has 0 atom stereocenters. The van der Waals surface area contributed by atoms with Crippen LogP contribution in [-0.2, 0) is 13.7 Å². The first-order valence-electron chi connectivity index (χ1n) is 8.03. The molecule has 2 aromatic heterocycles. The smallest absolute Gasteiger partial charge is 0.286 e. The van der Waals surface area contributed by atoms with Gasteiger partial charge in [-0.3, -0.25) is 5.21 Å². The quantitative estimate of drug-likeness (QED) is 0.278. The molecule has 0 amide bonds. The molecule has 8 heteroatoms. The fraction of sp³-hybridized carbons (Fsp3) is 0.167. The number of aryl methyl sites for hydroxylation is 2. The number of benzene rings is 1. The zero-order valence-electron chi connectivity index (χ0n) is 14.6. The van der Waals surface area contributed by atoms with E-state index in [1.165, 1.54) is 11.9 Å². The van der Waals surface area contributed by atoms with Crippen LogP contribution in [0.1, 0.15) is 17.0 Å². The second-order valence-corrected chi connectivity index (χ2v) is 5.77. The highest BCUT2D eigenvalue weighted by Gasteiger charge is 2.15. The predicted octanol–water partition coefficient (Wildman–Crippen LogP) is 1.28. The molecule has 4 N–H and O–H groups in total. The number of fused-ring (bicyclic) bond motifs is 1. The number of nitrogens with one attached hydrogen (secondary N) is 1. The number of hydrogen-bond acceptors (Lipinski definition) is 4. The second kappa shape index (κ2) is 7.66. The molecule has 3 rings (SSSR count). The summed E-state index contributed by atoms with van der Waals surface area (Å²) < 4.78 is 10.1. The number of nitrogens with zero attached hydrogens (tertiary/aromatic N) is 4. The van der Waals surface area contributed by atoms with Gasteiger partial charge in [-0.15, -0.1) is 5.10 Å². The molecule has 0 unspecified atom stereocenters. The minimum atomic E-state index is -0.177. The van der Waals surface area contributed by atoms with Crippen molar-refractivity contribution in [2.24, 2.45) is 23.0 Å². The molecule has 2 heterocycles. The van der Waals surface area contributed by atoms with Crippen LogP contribution in [0.25, 0.3) is 5.65 Å². The summed E-state index contributed by atoms with van der Waals surface area (Å²) in [6, 6.07) is 13.6. The van der Waals surface area contributed by atoms with Gasteiger partial charge in [0.25, 0.3) is 5.65 Å². The molecule has 26 heavy (non-hydrogen) atoms. The molecule has 0 aliphatic rings. The second-order valence-electron chi connectivity index (χ2n) is 5.77. The van der Waals surface area contributed by atoms with Gasteiger partial charge in [0, 0.05) is 6.07 Å². The summed E-state index contributed by atoms with van der Waals surface area (Å²) in [5.41, 5.74) is 11.2. The lowest BCUT2D eigenvalue weighted by Gasteiger charge is -2.04. The third-order valence-electron chi connectivity index (χ3n) is 4.02. The Morgan fingerprint density at radius 1 is 1.31 bits per heavy atom. The summed E-state index contributed by atoms with van der Waals surface area (Å²) in [6.07, 6.45) is 3.61. The monoisotopic (exact) mass is 353 g/mol. The van der Waals surface area contributed by atoms with Crippen molar-refractivity contribution in [2.75, 3.05) is 0 Å². The third-order valence-corrected chi connectivity index (χ3v) is 4.02.